The molecule has 0 saturated heterocycles. The summed E-state index contributed by atoms with van der Waals surface area (Å²) in [6.45, 7) is 0. The standard InChI is InChI=1S/C14H16O2S/c1-17(16)13-4-2-3-10(8-13)14-6-5-12(15)7-11(14)9-14/h2-4,8,11H,5-7,9H2,1H3. The number of hydrogen-bond acceptors (Lipinski definition) is 2. The maximum Gasteiger partial charge on any atom is 0.133 e. The number of benzene rings is 1. The lowest BCUT2D eigenvalue weighted by Crippen LogP contribution is -2.19. The molecule has 1 aromatic rings. The molecule has 0 bridgehead atoms. The highest BCUT2D eigenvalue weighted by atomic mass is 32.2. The number of hydrogen-bond donors (Lipinski definition) is 0. The van der Waals surface area contributed by atoms with Crippen LogP contribution in [0.1, 0.15) is 31.2 Å². The molecule has 17 heavy (non-hydrogen) atoms. The van der Waals surface area contributed by atoms with Gasteiger partial charge in [-0.2, -0.15) is 0 Å². The molecule has 0 spiro atoms. The molecule has 0 aromatic heterocycles. The molecular weight excluding hydrogens is 232 g/mol. The van der Waals surface area contributed by atoms with Crippen LogP contribution in [0, 0.1) is 5.92 Å². The molecule has 2 saturated carbocycles. The van der Waals surface area contributed by atoms with Gasteiger partial charge in [0.05, 0.1) is 0 Å². The molecule has 2 nitrogen and oxygen atoms in total. The van der Waals surface area contributed by atoms with Crippen molar-refractivity contribution in [1.29, 1.82) is 0 Å². The third kappa shape index (κ3) is 1.77. The Kier molecular flexibility index (Phi) is 2.47. The van der Waals surface area contributed by atoms with Crippen molar-refractivity contribution < 1.29 is 9.00 Å². The summed E-state index contributed by atoms with van der Waals surface area (Å²) >= 11 is 0. The summed E-state index contributed by atoms with van der Waals surface area (Å²) in [4.78, 5) is 12.3. The molecule has 0 heterocycles. The summed E-state index contributed by atoms with van der Waals surface area (Å²) in [5.41, 5.74) is 1.53. The van der Waals surface area contributed by atoms with E-state index < -0.39 is 10.8 Å². The second-order valence-electron chi connectivity index (χ2n) is 5.28. The van der Waals surface area contributed by atoms with Crippen LogP contribution in [-0.4, -0.2) is 16.2 Å². The highest BCUT2D eigenvalue weighted by Gasteiger charge is 2.57. The van der Waals surface area contributed by atoms with Crippen LogP contribution in [0.25, 0.3) is 0 Å². The summed E-state index contributed by atoms with van der Waals surface area (Å²) in [5.74, 6) is 0.961. The predicted molar refractivity (Wildman–Crippen MR) is 67.4 cm³/mol. The summed E-state index contributed by atoms with van der Waals surface area (Å²) in [6, 6.07) is 8.12. The smallest absolute Gasteiger partial charge is 0.133 e. The van der Waals surface area contributed by atoms with E-state index in [1.54, 1.807) is 6.26 Å². The number of Topliss-reactive ketones (excluding diaryl/α,β-unsaturated/α-hetero) is 1. The fourth-order valence-corrected chi connectivity index (χ4v) is 3.74. The van der Waals surface area contributed by atoms with Gasteiger partial charge in [-0.15, -0.1) is 0 Å². The number of ketones is 1. The molecule has 3 unspecified atom stereocenters. The zero-order valence-corrected chi connectivity index (χ0v) is 10.8. The van der Waals surface area contributed by atoms with Gasteiger partial charge in [-0.1, -0.05) is 12.1 Å². The van der Waals surface area contributed by atoms with Crippen molar-refractivity contribution in [3.05, 3.63) is 29.8 Å². The van der Waals surface area contributed by atoms with Gasteiger partial charge in [0.2, 0.25) is 0 Å². The Morgan fingerprint density at radius 3 is 2.94 bits per heavy atom. The zero-order valence-electron chi connectivity index (χ0n) is 9.94. The van der Waals surface area contributed by atoms with Gasteiger partial charge in [-0.3, -0.25) is 9.00 Å². The second-order valence-corrected chi connectivity index (χ2v) is 6.66. The van der Waals surface area contributed by atoms with E-state index in [-0.39, 0.29) is 5.41 Å². The molecule has 0 radical (unpaired) electrons. The first kappa shape index (κ1) is 11.1. The van der Waals surface area contributed by atoms with Crippen LogP contribution in [0.2, 0.25) is 0 Å². The number of rotatable bonds is 2. The van der Waals surface area contributed by atoms with Gasteiger partial charge in [0, 0.05) is 34.8 Å². The second kappa shape index (κ2) is 3.77. The molecule has 90 valence electrons. The van der Waals surface area contributed by atoms with Crippen molar-refractivity contribution in [3.8, 4) is 0 Å². The summed E-state index contributed by atoms with van der Waals surface area (Å²) in [7, 11) is -0.917. The van der Waals surface area contributed by atoms with Crippen LogP contribution < -0.4 is 0 Å². The molecule has 1 aromatic carbocycles. The number of fused-ring (bicyclic) bond motifs is 1. The molecule has 3 rings (SSSR count). The van der Waals surface area contributed by atoms with E-state index in [2.05, 4.69) is 12.1 Å². The lowest BCUT2D eigenvalue weighted by atomic mass is 9.82. The summed E-state index contributed by atoms with van der Waals surface area (Å²) in [6.07, 6.45) is 5.30. The van der Waals surface area contributed by atoms with E-state index in [1.165, 1.54) is 5.56 Å². The Morgan fingerprint density at radius 1 is 1.41 bits per heavy atom. The Morgan fingerprint density at radius 2 is 2.24 bits per heavy atom. The normalized spacial score (nSPS) is 33.0. The van der Waals surface area contributed by atoms with E-state index in [9.17, 15) is 9.00 Å². The van der Waals surface area contributed by atoms with Crippen LogP contribution in [0.5, 0.6) is 0 Å². The van der Waals surface area contributed by atoms with E-state index in [4.69, 9.17) is 0 Å². The Labute approximate surface area is 104 Å². The lowest BCUT2D eigenvalue weighted by molar-refractivity contribution is -0.120. The van der Waals surface area contributed by atoms with Crippen molar-refractivity contribution in [2.45, 2.75) is 36.0 Å². The van der Waals surface area contributed by atoms with Crippen LogP contribution >= 0.6 is 0 Å². The van der Waals surface area contributed by atoms with Crippen LogP contribution in [0.15, 0.2) is 29.2 Å². The van der Waals surface area contributed by atoms with Gasteiger partial charge in [-0.25, -0.2) is 0 Å². The molecule has 0 amide bonds. The lowest BCUT2D eigenvalue weighted by Gasteiger charge is -2.22. The van der Waals surface area contributed by atoms with Gasteiger partial charge in [0.25, 0.3) is 0 Å². The fraction of sp³-hybridized carbons (Fsp3) is 0.500. The maximum atomic E-state index is 11.5. The molecular formula is C14H16O2S. The highest BCUT2D eigenvalue weighted by Crippen LogP contribution is 2.61. The molecule has 3 atom stereocenters. The van der Waals surface area contributed by atoms with E-state index in [0.29, 0.717) is 11.7 Å². The quantitative estimate of drug-likeness (QED) is 0.805. The maximum absolute atomic E-state index is 11.5. The summed E-state index contributed by atoms with van der Waals surface area (Å²) in [5, 5.41) is 0. The van der Waals surface area contributed by atoms with Crippen LogP contribution in [-0.2, 0) is 21.0 Å². The van der Waals surface area contributed by atoms with E-state index >= 15 is 0 Å². The van der Waals surface area contributed by atoms with Crippen molar-refractivity contribution in [1.82, 2.24) is 0 Å². The van der Waals surface area contributed by atoms with Gasteiger partial charge < -0.3 is 0 Å². The van der Waals surface area contributed by atoms with Gasteiger partial charge in [0.15, 0.2) is 0 Å². The minimum Gasteiger partial charge on any atom is -0.300 e. The first-order valence-corrected chi connectivity index (χ1v) is 7.63. The first-order chi connectivity index (χ1) is 8.12. The van der Waals surface area contributed by atoms with Gasteiger partial charge >= 0.3 is 0 Å². The SMILES string of the molecule is CS(=O)c1cccc(C23CCC(=O)CC2C3)c1. The van der Waals surface area contributed by atoms with Gasteiger partial charge in [0.1, 0.15) is 5.78 Å². The van der Waals surface area contributed by atoms with Crippen molar-refractivity contribution in [2.75, 3.05) is 6.26 Å². The minimum atomic E-state index is -0.917. The fourth-order valence-electron chi connectivity index (χ4n) is 3.18. The zero-order chi connectivity index (χ0) is 12.0. The average molecular weight is 248 g/mol. The number of carbonyl (C=O) groups excluding carboxylic acids is 1. The van der Waals surface area contributed by atoms with Gasteiger partial charge in [-0.05, 0) is 41.9 Å². The molecule has 3 heteroatoms. The molecule has 0 N–H and O–H groups in total. The third-order valence-electron chi connectivity index (χ3n) is 4.30. The van der Waals surface area contributed by atoms with Crippen molar-refractivity contribution in [3.63, 3.8) is 0 Å². The predicted octanol–water partition coefficient (Wildman–Crippen LogP) is 2.43. The molecule has 2 aliphatic carbocycles. The molecule has 2 aliphatic rings. The topological polar surface area (TPSA) is 34.1 Å². The van der Waals surface area contributed by atoms with Crippen LogP contribution in [0.4, 0.5) is 0 Å². The summed E-state index contributed by atoms with van der Waals surface area (Å²) < 4.78 is 11.5. The average Bonchev–Trinajstić information content (AvgIpc) is 3.04. The Balaban J connectivity index is 1.93. The Bertz CT molecular complexity index is 509. The molecule has 0 aliphatic heterocycles. The van der Waals surface area contributed by atoms with Crippen LogP contribution in [0.3, 0.4) is 0 Å². The highest BCUT2D eigenvalue weighted by molar-refractivity contribution is 7.84. The van der Waals surface area contributed by atoms with Crippen molar-refractivity contribution >= 4 is 16.6 Å². The van der Waals surface area contributed by atoms with Crippen molar-refractivity contribution in [2.24, 2.45) is 5.92 Å². The van der Waals surface area contributed by atoms with E-state index in [1.807, 2.05) is 12.1 Å². The first-order valence-electron chi connectivity index (χ1n) is 6.07. The Hall–Kier alpha value is -0.960. The minimum absolute atomic E-state index is 0.239. The molecule has 2 fully saturated rings. The largest absolute Gasteiger partial charge is 0.300 e. The number of carbonyl (C=O) groups is 1. The third-order valence-corrected chi connectivity index (χ3v) is 5.21. The van der Waals surface area contributed by atoms with E-state index in [0.717, 1.165) is 30.6 Å². The monoisotopic (exact) mass is 248 g/mol.